The molecule has 4 aliphatic rings. The lowest BCUT2D eigenvalue weighted by molar-refractivity contribution is -0.119. The van der Waals surface area contributed by atoms with Crippen molar-refractivity contribution in [3.8, 4) is 0 Å². The van der Waals surface area contributed by atoms with E-state index in [1.165, 1.54) is 31.8 Å². The lowest BCUT2D eigenvalue weighted by Crippen LogP contribution is -2.24. The molecular formula is C12H14O2. The van der Waals surface area contributed by atoms with E-state index < -0.39 is 0 Å². The van der Waals surface area contributed by atoms with Gasteiger partial charge in [0.25, 0.3) is 0 Å². The van der Waals surface area contributed by atoms with Crippen LogP contribution in [0, 0.1) is 29.1 Å². The number of hydrogen-bond acceptors (Lipinski definition) is 2. The Hall–Kier alpha value is -0.790. The van der Waals surface area contributed by atoms with E-state index in [0.717, 1.165) is 0 Å². The van der Waals surface area contributed by atoms with Crippen molar-refractivity contribution in [1.82, 2.24) is 0 Å². The smallest absolute Gasteiger partial charge is 0.163 e. The van der Waals surface area contributed by atoms with Crippen LogP contribution >= 0.6 is 0 Å². The van der Waals surface area contributed by atoms with E-state index in [4.69, 9.17) is 0 Å². The maximum Gasteiger partial charge on any atom is 0.163 e. The van der Waals surface area contributed by atoms with Crippen LogP contribution in [-0.2, 0) is 4.79 Å². The highest BCUT2D eigenvalue weighted by Crippen LogP contribution is 2.76. The van der Waals surface area contributed by atoms with Crippen LogP contribution < -0.4 is 0 Å². The molecule has 3 fully saturated rings. The lowest BCUT2D eigenvalue weighted by atomic mass is 9.80. The van der Waals surface area contributed by atoms with Crippen LogP contribution in [0.1, 0.15) is 25.7 Å². The fraction of sp³-hybridized carbons (Fsp3) is 0.750. The van der Waals surface area contributed by atoms with Crippen molar-refractivity contribution in [3.63, 3.8) is 0 Å². The normalized spacial score (nSPS) is 51.1. The maximum absolute atomic E-state index is 11.7. The fourth-order valence-corrected chi connectivity index (χ4v) is 4.77. The summed E-state index contributed by atoms with van der Waals surface area (Å²) in [5.74, 6) is 2.27. The molecule has 2 nitrogen and oxygen atoms in total. The van der Waals surface area contributed by atoms with Gasteiger partial charge in [-0.25, -0.2) is 0 Å². The Morgan fingerprint density at radius 2 is 1.86 bits per heavy atom. The van der Waals surface area contributed by atoms with Gasteiger partial charge in [-0.15, -0.1) is 0 Å². The van der Waals surface area contributed by atoms with E-state index in [2.05, 4.69) is 0 Å². The molecule has 0 saturated heterocycles. The fourth-order valence-electron chi connectivity index (χ4n) is 4.77. The van der Waals surface area contributed by atoms with Crippen LogP contribution in [0.2, 0.25) is 0 Å². The average Bonchev–Trinajstić information content (AvgIpc) is 2.72. The molecule has 4 atom stereocenters. The molecule has 0 aromatic heterocycles. The highest BCUT2D eigenvalue weighted by Gasteiger charge is 2.71. The zero-order valence-electron chi connectivity index (χ0n) is 8.07. The number of aliphatic hydroxyl groups excluding tert-OH is 1. The highest BCUT2D eigenvalue weighted by molar-refractivity contribution is 5.96. The highest BCUT2D eigenvalue weighted by atomic mass is 16.3. The van der Waals surface area contributed by atoms with Gasteiger partial charge in [0, 0.05) is 17.9 Å². The number of ketones is 1. The van der Waals surface area contributed by atoms with Crippen molar-refractivity contribution < 1.29 is 9.90 Å². The summed E-state index contributed by atoms with van der Waals surface area (Å²) < 4.78 is 0. The molecule has 0 aliphatic heterocycles. The zero-order valence-corrected chi connectivity index (χ0v) is 8.07. The van der Waals surface area contributed by atoms with Crippen LogP contribution in [0.5, 0.6) is 0 Å². The molecule has 1 spiro atoms. The Morgan fingerprint density at radius 3 is 2.43 bits per heavy atom. The Balaban J connectivity index is 1.86. The average molecular weight is 190 g/mol. The van der Waals surface area contributed by atoms with Gasteiger partial charge >= 0.3 is 0 Å². The number of carbonyl (C=O) groups excluding carboxylic acids is 1. The van der Waals surface area contributed by atoms with Crippen LogP contribution in [0.25, 0.3) is 0 Å². The van der Waals surface area contributed by atoms with E-state index in [1.54, 1.807) is 0 Å². The molecule has 0 radical (unpaired) electrons. The predicted molar refractivity (Wildman–Crippen MR) is 50.6 cm³/mol. The lowest BCUT2D eigenvalue weighted by Gasteiger charge is -2.23. The second kappa shape index (κ2) is 1.93. The minimum Gasteiger partial charge on any atom is -0.512 e. The van der Waals surface area contributed by atoms with Gasteiger partial charge in [-0.1, -0.05) is 0 Å². The van der Waals surface area contributed by atoms with Crippen LogP contribution in [0.15, 0.2) is 11.8 Å². The standard InChI is InChI=1S/C12H14O2/c13-8-5-9(14)11-7-2-1-6(10(8)11)12(7)3-4-12/h5-7,10-11,13H,1-4H2/t6-,7-,10-,11-/m1/s1. The third kappa shape index (κ3) is 0.572. The molecule has 0 unspecified atom stereocenters. The summed E-state index contributed by atoms with van der Waals surface area (Å²) in [6.45, 7) is 0. The molecule has 2 heteroatoms. The predicted octanol–water partition coefficient (Wildman–Crippen LogP) is 2.06. The Kier molecular flexibility index (Phi) is 1.03. The second-order valence-electron chi connectivity index (χ2n) is 5.55. The number of rotatable bonds is 0. The third-order valence-electron chi connectivity index (χ3n) is 5.31. The zero-order chi connectivity index (χ0) is 9.50. The van der Waals surface area contributed by atoms with Crippen molar-refractivity contribution in [1.29, 1.82) is 0 Å². The first-order valence-electron chi connectivity index (χ1n) is 5.68. The number of hydrogen-bond donors (Lipinski definition) is 1. The molecule has 4 rings (SSSR count). The van der Waals surface area contributed by atoms with Gasteiger partial charge in [0.05, 0.1) is 5.76 Å². The van der Waals surface area contributed by atoms with Gasteiger partial charge in [0.1, 0.15) is 0 Å². The monoisotopic (exact) mass is 190 g/mol. The summed E-state index contributed by atoms with van der Waals surface area (Å²) >= 11 is 0. The SMILES string of the molecule is O=C1C=C(O)[C@@H]2[C@@H]1[C@H]1CC[C@H]2C12CC2. The largest absolute Gasteiger partial charge is 0.512 e. The molecule has 0 aromatic carbocycles. The molecule has 0 heterocycles. The van der Waals surface area contributed by atoms with Crippen molar-refractivity contribution in [2.75, 3.05) is 0 Å². The molecule has 0 amide bonds. The minimum absolute atomic E-state index is 0.177. The second-order valence-corrected chi connectivity index (χ2v) is 5.55. The molecule has 2 bridgehead atoms. The topological polar surface area (TPSA) is 37.3 Å². The molecule has 0 aromatic rings. The molecule has 74 valence electrons. The quantitative estimate of drug-likeness (QED) is 0.635. The van der Waals surface area contributed by atoms with Crippen molar-refractivity contribution >= 4 is 5.78 Å². The Morgan fingerprint density at radius 1 is 1.21 bits per heavy atom. The van der Waals surface area contributed by atoms with Gasteiger partial charge in [-0.2, -0.15) is 0 Å². The number of aliphatic hydroxyl groups is 1. The number of allylic oxidation sites excluding steroid dienone is 2. The minimum atomic E-state index is 0.177. The summed E-state index contributed by atoms with van der Waals surface area (Å²) in [6.07, 6.45) is 6.61. The van der Waals surface area contributed by atoms with E-state index in [1.807, 2.05) is 0 Å². The van der Waals surface area contributed by atoms with Gasteiger partial charge in [0.15, 0.2) is 5.78 Å². The van der Waals surface area contributed by atoms with Crippen LogP contribution in [-0.4, -0.2) is 10.9 Å². The van der Waals surface area contributed by atoms with Crippen molar-refractivity contribution in [2.45, 2.75) is 25.7 Å². The molecule has 14 heavy (non-hydrogen) atoms. The first-order valence-corrected chi connectivity index (χ1v) is 5.68. The van der Waals surface area contributed by atoms with E-state index >= 15 is 0 Å². The van der Waals surface area contributed by atoms with Gasteiger partial charge < -0.3 is 5.11 Å². The first kappa shape index (κ1) is 7.49. The van der Waals surface area contributed by atoms with Crippen LogP contribution in [0.3, 0.4) is 0 Å². The van der Waals surface area contributed by atoms with E-state index in [-0.39, 0.29) is 17.6 Å². The summed E-state index contributed by atoms with van der Waals surface area (Å²) in [5.41, 5.74) is 0.507. The summed E-state index contributed by atoms with van der Waals surface area (Å²) in [7, 11) is 0. The Labute approximate surface area is 83.0 Å². The van der Waals surface area contributed by atoms with Gasteiger partial charge in [-0.3, -0.25) is 4.79 Å². The summed E-state index contributed by atoms with van der Waals surface area (Å²) in [5, 5.41) is 9.79. The molecular weight excluding hydrogens is 176 g/mol. The number of fused-ring (bicyclic) bond motifs is 3. The summed E-state index contributed by atoms with van der Waals surface area (Å²) in [6, 6.07) is 0. The van der Waals surface area contributed by atoms with Gasteiger partial charge in [-0.05, 0) is 42.9 Å². The van der Waals surface area contributed by atoms with E-state index in [9.17, 15) is 9.90 Å². The maximum atomic E-state index is 11.7. The van der Waals surface area contributed by atoms with Crippen LogP contribution in [0.4, 0.5) is 0 Å². The Bertz CT molecular complexity index is 365. The first-order chi connectivity index (χ1) is 6.74. The third-order valence-corrected chi connectivity index (χ3v) is 5.31. The number of carbonyl (C=O) groups is 1. The summed E-state index contributed by atoms with van der Waals surface area (Å²) in [4.78, 5) is 11.7. The molecule has 3 saturated carbocycles. The van der Waals surface area contributed by atoms with Gasteiger partial charge in [0.2, 0.25) is 0 Å². The van der Waals surface area contributed by atoms with Crippen molar-refractivity contribution in [2.24, 2.45) is 29.1 Å². The molecule has 4 aliphatic carbocycles. The van der Waals surface area contributed by atoms with Crippen molar-refractivity contribution in [3.05, 3.63) is 11.8 Å². The molecule has 1 N–H and O–H groups in total. The van der Waals surface area contributed by atoms with E-state index in [0.29, 0.717) is 23.0 Å².